The summed E-state index contributed by atoms with van der Waals surface area (Å²) in [6.07, 6.45) is 3.79. The maximum Gasteiger partial charge on any atom is 0.225 e. The molecular formula is C28H30N4O5S. The summed E-state index contributed by atoms with van der Waals surface area (Å²) in [4.78, 5) is 32.8. The molecule has 3 heterocycles. The number of fused-ring (bicyclic) bond motifs is 1. The van der Waals surface area contributed by atoms with Crippen LogP contribution in [0.2, 0.25) is 0 Å². The van der Waals surface area contributed by atoms with Crippen molar-refractivity contribution in [1.82, 2.24) is 9.88 Å². The molecule has 1 aliphatic heterocycles. The summed E-state index contributed by atoms with van der Waals surface area (Å²) in [7, 11) is 4.78. The highest BCUT2D eigenvalue weighted by molar-refractivity contribution is 7.16. The summed E-state index contributed by atoms with van der Waals surface area (Å²) >= 11 is 1.37. The molecule has 0 saturated carbocycles. The van der Waals surface area contributed by atoms with Crippen molar-refractivity contribution in [2.24, 2.45) is 0 Å². The van der Waals surface area contributed by atoms with E-state index in [0.717, 1.165) is 21.7 Å². The molecule has 1 aliphatic rings. The molecule has 0 aliphatic carbocycles. The van der Waals surface area contributed by atoms with Crippen LogP contribution in [-0.4, -0.2) is 49.6 Å². The van der Waals surface area contributed by atoms with Crippen molar-refractivity contribution in [2.45, 2.75) is 38.6 Å². The van der Waals surface area contributed by atoms with Crippen LogP contribution in [0.1, 0.15) is 40.1 Å². The molecule has 3 aromatic rings. The smallest absolute Gasteiger partial charge is 0.225 e. The number of methoxy groups -OCH3 is 3. The van der Waals surface area contributed by atoms with Crippen molar-refractivity contribution in [3.8, 4) is 23.3 Å². The van der Waals surface area contributed by atoms with Crippen LogP contribution < -0.4 is 19.5 Å². The SMILES string of the molecule is COc1ccnc(CCC(=O)N2CCc3c(sc(NC(=O)CCc4cc(OC)ccc4OC)c3C#N)C2)c1. The fourth-order valence-electron chi connectivity index (χ4n) is 4.45. The molecule has 9 nitrogen and oxygen atoms in total. The van der Waals surface area contributed by atoms with Gasteiger partial charge in [0.2, 0.25) is 11.8 Å². The number of hydrogen-bond donors (Lipinski definition) is 1. The Morgan fingerprint density at radius 2 is 1.87 bits per heavy atom. The number of carbonyl (C=O) groups is 2. The fourth-order valence-corrected chi connectivity index (χ4v) is 5.68. The molecule has 2 amide bonds. The Morgan fingerprint density at radius 1 is 1.08 bits per heavy atom. The van der Waals surface area contributed by atoms with E-state index in [9.17, 15) is 14.9 Å². The van der Waals surface area contributed by atoms with Crippen LogP contribution in [0, 0.1) is 11.3 Å². The topological polar surface area (TPSA) is 114 Å². The molecule has 0 atom stereocenters. The van der Waals surface area contributed by atoms with E-state index in [-0.39, 0.29) is 18.2 Å². The highest BCUT2D eigenvalue weighted by atomic mass is 32.1. The van der Waals surface area contributed by atoms with Gasteiger partial charge in [-0.15, -0.1) is 11.3 Å². The number of hydrogen-bond acceptors (Lipinski definition) is 8. The number of thiophene rings is 1. The molecule has 0 unspecified atom stereocenters. The van der Waals surface area contributed by atoms with E-state index < -0.39 is 0 Å². The van der Waals surface area contributed by atoms with Crippen LogP contribution in [0.5, 0.6) is 17.2 Å². The first-order valence-corrected chi connectivity index (χ1v) is 13.1. The molecule has 198 valence electrons. The Balaban J connectivity index is 1.37. The van der Waals surface area contributed by atoms with Crippen molar-refractivity contribution < 1.29 is 23.8 Å². The molecule has 1 N–H and O–H groups in total. The van der Waals surface area contributed by atoms with Crippen LogP contribution in [0.25, 0.3) is 0 Å². The maximum absolute atomic E-state index is 12.9. The summed E-state index contributed by atoms with van der Waals surface area (Å²) in [5.74, 6) is 1.94. The normalized spacial score (nSPS) is 12.3. The van der Waals surface area contributed by atoms with Gasteiger partial charge in [-0.2, -0.15) is 5.26 Å². The number of nitrogens with zero attached hydrogens (tertiary/aromatic N) is 3. The zero-order valence-corrected chi connectivity index (χ0v) is 22.5. The van der Waals surface area contributed by atoms with Gasteiger partial charge in [-0.05, 0) is 54.7 Å². The predicted molar refractivity (Wildman–Crippen MR) is 144 cm³/mol. The Labute approximate surface area is 226 Å². The average molecular weight is 535 g/mol. The molecule has 4 rings (SSSR count). The highest BCUT2D eigenvalue weighted by Gasteiger charge is 2.27. The lowest BCUT2D eigenvalue weighted by Gasteiger charge is -2.27. The number of nitrogens with one attached hydrogen (secondary N) is 1. The number of ether oxygens (including phenoxy) is 3. The van der Waals surface area contributed by atoms with Gasteiger partial charge in [0.05, 0.1) is 33.4 Å². The lowest BCUT2D eigenvalue weighted by molar-refractivity contribution is -0.132. The first-order chi connectivity index (χ1) is 18.4. The largest absolute Gasteiger partial charge is 0.497 e. The van der Waals surface area contributed by atoms with E-state index in [1.165, 1.54) is 11.3 Å². The van der Waals surface area contributed by atoms with Crippen LogP contribution in [0.4, 0.5) is 5.00 Å². The average Bonchev–Trinajstić information content (AvgIpc) is 3.30. The monoisotopic (exact) mass is 534 g/mol. The van der Waals surface area contributed by atoms with E-state index >= 15 is 0 Å². The minimum absolute atomic E-state index is 0.0324. The molecular weight excluding hydrogens is 504 g/mol. The molecule has 2 aromatic heterocycles. The van der Waals surface area contributed by atoms with Gasteiger partial charge in [0, 0.05) is 42.2 Å². The first kappa shape index (κ1) is 26.9. The van der Waals surface area contributed by atoms with Crippen LogP contribution in [-0.2, 0) is 35.4 Å². The number of aromatic nitrogens is 1. The van der Waals surface area contributed by atoms with Crippen molar-refractivity contribution in [2.75, 3.05) is 33.2 Å². The molecule has 38 heavy (non-hydrogen) atoms. The minimum atomic E-state index is -0.191. The van der Waals surface area contributed by atoms with Gasteiger partial charge in [0.15, 0.2) is 0 Å². The van der Waals surface area contributed by atoms with Crippen molar-refractivity contribution in [3.63, 3.8) is 0 Å². The van der Waals surface area contributed by atoms with Crippen molar-refractivity contribution in [1.29, 1.82) is 5.26 Å². The lowest BCUT2D eigenvalue weighted by Crippen LogP contribution is -2.35. The standard InChI is InChI=1S/C28H30N4O5S/c1-35-20-6-7-24(37-3)18(14-20)4-8-26(33)31-28-23(16-29)22-11-13-32(17-25(22)38-28)27(34)9-5-19-15-21(36-2)10-12-30-19/h6-7,10,12,14-15H,4-5,8-9,11,13,17H2,1-3H3,(H,31,33). The minimum Gasteiger partial charge on any atom is -0.497 e. The molecule has 10 heteroatoms. The van der Waals surface area contributed by atoms with E-state index in [1.54, 1.807) is 38.5 Å². The summed E-state index contributed by atoms with van der Waals surface area (Å²) < 4.78 is 15.9. The Kier molecular flexibility index (Phi) is 8.81. The van der Waals surface area contributed by atoms with Crippen molar-refractivity contribution in [3.05, 3.63) is 63.8 Å². The summed E-state index contributed by atoms with van der Waals surface area (Å²) in [6.45, 7) is 0.960. The van der Waals surface area contributed by atoms with E-state index in [2.05, 4.69) is 16.4 Å². The lowest BCUT2D eigenvalue weighted by atomic mass is 10.0. The molecule has 0 radical (unpaired) electrons. The first-order valence-electron chi connectivity index (χ1n) is 12.3. The Morgan fingerprint density at radius 3 is 2.61 bits per heavy atom. The summed E-state index contributed by atoms with van der Waals surface area (Å²) in [6, 6.07) is 11.3. The number of carbonyl (C=O) groups excluding carboxylic acids is 2. The molecule has 0 saturated heterocycles. The van der Waals surface area contributed by atoms with Crippen molar-refractivity contribution >= 4 is 28.2 Å². The van der Waals surface area contributed by atoms with Gasteiger partial charge < -0.3 is 24.4 Å². The number of nitriles is 1. The maximum atomic E-state index is 12.9. The number of pyridine rings is 1. The third-order valence-corrected chi connectivity index (χ3v) is 7.63. The molecule has 0 bridgehead atoms. The van der Waals surface area contributed by atoms with E-state index in [4.69, 9.17) is 14.2 Å². The third-order valence-electron chi connectivity index (χ3n) is 6.50. The van der Waals surface area contributed by atoms with Gasteiger partial charge in [0.1, 0.15) is 28.3 Å². The quantitative estimate of drug-likeness (QED) is 0.416. The van der Waals surface area contributed by atoms with E-state index in [1.807, 2.05) is 24.3 Å². The second-order valence-electron chi connectivity index (χ2n) is 8.80. The van der Waals surface area contributed by atoms with Gasteiger partial charge in [-0.3, -0.25) is 14.6 Å². The second kappa shape index (κ2) is 12.4. The van der Waals surface area contributed by atoms with Crippen LogP contribution in [0.3, 0.4) is 0 Å². The molecule has 1 aromatic carbocycles. The molecule has 0 fully saturated rings. The Hall–Kier alpha value is -4.10. The fraction of sp³-hybridized carbons (Fsp3) is 0.357. The number of benzene rings is 1. The zero-order chi connectivity index (χ0) is 27.1. The van der Waals surface area contributed by atoms with Crippen LogP contribution >= 0.6 is 11.3 Å². The number of anilines is 1. The zero-order valence-electron chi connectivity index (χ0n) is 21.7. The second-order valence-corrected chi connectivity index (χ2v) is 9.90. The third kappa shape index (κ3) is 6.23. The van der Waals surface area contributed by atoms with Gasteiger partial charge >= 0.3 is 0 Å². The van der Waals surface area contributed by atoms with Gasteiger partial charge in [0.25, 0.3) is 0 Å². The van der Waals surface area contributed by atoms with Crippen LogP contribution in [0.15, 0.2) is 36.5 Å². The van der Waals surface area contributed by atoms with Gasteiger partial charge in [-0.1, -0.05) is 0 Å². The number of rotatable bonds is 10. The number of amides is 2. The predicted octanol–water partition coefficient (Wildman–Crippen LogP) is 4.13. The van der Waals surface area contributed by atoms with Gasteiger partial charge in [-0.25, -0.2) is 0 Å². The number of aryl methyl sites for hydroxylation is 2. The molecule has 0 spiro atoms. The summed E-state index contributed by atoms with van der Waals surface area (Å²) in [5.41, 5.74) is 3.08. The van der Waals surface area contributed by atoms with E-state index in [0.29, 0.717) is 66.6 Å². The summed E-state index contributed by atoms with van der Waals surface area (Å²) in [5, 5.41) is 13.3. The Bertz CT molecular complexity index is 1360. The highest BCUT2D eigenvalue weighted by Crippen LogP contribution is 2.37.